The van der Waals surface area contributed by atoms with Gasteiger partial charge in [-0.2, -0.15) is 0 Å². The molecule has 0 amide bonds. The van der Waals surface area contributed by atoms with Gasteiger partial charge in [-0.25, -0.2) is 0 Å². The first-order chi connectivity index (χ1) is 13.3. The Labute approximate surface area is 172 Å². The number of rotatable bonds is 9. The van der Waals surface area contributed by atoms with Gasteiger partial charge in [0.15, 0.2) is 5.11 Å². The second-order valence-electron chi connectivity index (χ2n) is 7.41. The molecule has 0 fully saturated rings. The molecule has 6 nitrogen and oxygen atoms in total. The Kier molecular flexibility index (Phi) is 8.26. The monoisotopic (exact) mass is 404 g/mol. The fourth-order valence-corrected chi connectivity index (χ4v) is 3.27. The fraction of sp³-hybridized carbons (Fsp3) is 0.524. The molecule has 0 saturated heterocycles. The predicted octanol–water partition coefficient (Wildman–Crippen LogP) is 2.96. The van der Waals surface area contributed by atoms with Crippen LogP contribution in [0, 0.1) is 0 Å². The predicted molar refractivity (Wildman–Crippen MR) is 120 cm³/mol. The summed E-state index contributed by atoms with van der Waals surface area (Å²) in [5.74, 6) is 0.722. The van der Waals surface area contributed by atoms with E-state index in [-0.39, 0.29) is 5.56 Å². The van der Waals surface area contributed by atoms with Crippen LogP contribution in [0.4, 0.5) is 0 Å². The van der Waals surface area contributed by atoms with Gasteiger partial charge in [-0.3, -0.25) is 4.79 Å². The molecule has 1 heterocycles. The summed E-state index contributed by atoms with van der Waals surface area (Å²) in [6.45, 7) is 6.48. The molecule has 1 aromatic heterocycles. The lowest BCUT2D eigenvalue weighted by atomic mass is 10.1. The van der Waals surface area contributed by atoms with E-state index >= 15 is 0 Å². The van der Waals surface area contributed by atoms with Gasteiger partial charge in [0.1, 0.15) is 5.75 Å². The van der Waals surface area contributed by atoms with Crippen molar-refractivity contribution in [2.45, 2.75) is 39.3 Å². The zero-order chi connectivity index (χ0) is 20.7. The van der Waals surface area contributed by atoms with Gasteiger partial charge >= 0.3 is 0 Å². The van der Waals surface area contributed by atoms with E-state index in [1.165, 1.54) is 0 Å². The van der Waals surface area contributed by atoms with Gasteiger partial charge in [-0.05, 0) is 76.2 Å². The van der Waals surface area contributed by atoms with Gasteiger partial charge in [0.25, 0.3) is 5.56 Å². The molecule has 1 atom stereocenters. The highest BCUT2D eigenvalue weighted by Gasteiger charge is 2.15. The summed E-state index contributed by atoms with van der Waals surface area (Å²) in [5.41, 5.74) is 1.38. The van der Waals surface area contributed by atoms with E-state index in [1.54, 1.807) is 7.11 Å². The number of hydrogen-bond donors (Lipinski definition) is 2. The highest BCUT2D eigenvalue weighted by atomic mass is 32.1. The van der Waals surface area contributed by atoms with Crippen LogP contribution in [0.3, 0.4) is 0 Å². The first-order valence-corrected chi connectivity index (χ1v) is 10.1. The quantitative estimate of drug-likeness (QED) is 0.627. The van der Waals surface area contributed by atoms with Crippen LogP contribution < -0.4 is 15.6 Å². The molecule has 2 N–H and O–H groups in total. The Morgan fingerprint density at radius 2 is 2.04 bits per heavy atom. The highest BCUT2D eigenvalue weighted by Crippen LogP contribution is 2.19. The molecule has 0 saturated carbocycles. The van der Waals surface area contributed by atoms with Crippen LogP contribution in [-0.4, -0.2) is 60.2 Å². The summed E-state index contributed by atoms with van der Waals surface area (Å²) in [4.78, 5) is 19.9. The summed E-state index contributed by atoms with van der Waals surface area (Å²) in [5, 5.41) is 5.05. The van der Waals surface area contributed by atoms with Gasteiger partial charge in [-0.15, -0.1) is 0 Å². The molecule has 0 aliphatic heterocycles. The van der Waals surface area contributed by atoms with Crippen LogP contribution >= 0.6 is 12.2 Å². The van der Waals surface area contributed by atoms with Crippen molar-refractivity contribution in [2.24, 2.45) is 0 Å². The third-order valence-corrected chi connectivity index (χ3v) is 5.17. The van der Waals surface area contributed by atoms with E-state index in [4.69, 9.17) is 17.0 Å². The highest BCUT2D eigenvalue weighted by molar-refractivity contribution is 7.80. The Bertz CT molecular complexity index is 850. The second-order valence-corrected chi connectivity index (χ2v) is 7.80. The molecule has 28 heavy (non-hydrogen) atoms. The van der Waals surface area contributed by atoms with Crippen LogP contribution in [0.15, 0.2) is 29.1 Å². The normalized spacial score (nSPS) is 12.2. The molecular formula is C21H32N4O2S. The number of nitrogens with zero attached hydrogens (tertiary/aromatic N) is 2. The number of pyridine rings is 1. The first kappa shape index (κ1) is 22.2. The lowest BCUT2D eigenvalue weighted by Gasteiger charge is -2.28. The molecule has 0 spiro atoms. The van der Waals surface area contributed by atoms with Crippen LogP contribution in [0.5, 0.6) is 5.75 Å². The number of thiocarbonyl (C=S) groups is 1. The minimum atomic E-state index is -0.0929. The van der Waals surface area contributed by atoms with E-state index in [9.17, 15) is 4.79 Å². The molecule has 154 valence electrons. The second kappa shape index (κ2) is 10.4. The van der Waals surface area contributed by atoms with Gasteiger partial charge in [-0.1, -0.05) is 6.92 Å². The average Bonchev–Trinajstić information content (AvgIpc) is 2.66. The minimum Gasteiger partial charge on any atom is -0.497 e. The molecule has 0 bridgehead atoms. The third kappa shape index (κ3) is 6.21. The molecule has 0 aliphatic carbocycles. The van der Waals surface area contributed by atoms with Gasteiger partial charge in [0.2, 0.25) is 0 Å². The maximum absolute atomic E-state index is 12.7. The number of aromatic amines is 1. The zero-order valence-electron chi connectivity index (χ0n) is 17.5. The number of benzene rings is 1. The zero-order valence-corrected chi connectivity index (χ0v) is 18.4. The van der Waals surface area contributed by atoms with Crippen molar-refractivity contribution in [3.05, 3.63) is 40.2 Å². The first-order valence-electron chi connectivity index (χ1n) is 9.74. The standard InChI is InChI=1S/C21H32N4O2S/c1-6-15(2)22-21(28)25(11-7-10-24(3)4)14-17-12-16-8-9-18(27-5)13-19(16)23-20(17)26/h8-9,12-13,15H,6-7,10-11,14H2,1-5H3,(H,22,28)(H,23,26). The maximum Gasteiger partial charge on any atom is 0.253 e. The third-order valence-electron chi connectivity index (χ3n) is 4.79. The van der Waals surface area contributed by atoms with Crippen LogP contribution in [-0.2, 0) is 6.54 Å². The number of methoxy groups -OCH3 is 1. The van der Waals surface area contributed by atoms with E-state index in [0.717, 1.165) is 42.6 Å². The Hall–Kier alpha value is -2.12. The van der Waals surface area contributed by atoms with Crippen molar-refractivity contribution in [2.75, 3.05) is 34.3 Å². The molecule has 1 unspecified atom stereocenters. The topological polar surface area (TPSA) is 60.6 Å². The van der Waals surface area contributed by atoms with Crippen molar-refractivity contribution in [1.29, 1.82) is 0 Å². The van der Waals surface area contributed by atoms with Crippen molar-refractivity contribution in [1.82, 2.24) is 20.1 Å². The van der Waals surface area contributed by atoms with Crippen molar-refractivity contribution in [3.63, 3.8) is 0 Å². The maximum atomic E-state index is 12.7. The van der Waals surface area contributed by atoms with Crippen molar-refractivity contribution < 1.29 is 4.74 Å². The van der Waals surface area contributed by atoms with Gasteiger partial charge in [0.05, 0.1) is 19.2 Å². The Morgan fingerprint density at radius 3 is 2.68 bits per heavy atom. The Morgan fingerprint density at radius 1 is 1.29 bits per heavy atom. The summed E-state index contributed by atoms with van der Waals surface area (Å²) in [6, 6.07) is 7.93. The van der Waals surface area contributed by atoms with Gasteiger partial charge in [0, 0.05) is 24.2 Å². The molecule has 1 aromatic carbocycles. The smallest absolute Gasteiger partial charge is 0.253 e. The fourth-order valence-electron chi connectivity index (χ4n) is 2.91. The average molecular weight is 405 g/mol. The number of fused-ring (bicyclic) bond motifs is 1. The van der Waals surface area contributed by atoms with E-state index in [0.29, 0.717) is 23.3 Å². The summed E-state index contributed by atoms with van der Waals surface area (Å²) >= 11 is 5.64. The summed E-state index contributed by atoms with van der Waals surface area (Å²) < 4.78 is 5.24. The lowest BCUT2D eigenvalue weighted by Crippen LogP contribution is -2.44. The van der Waals surface area contributed by atoms with Gasteiger partial charge < -0.3 is 24.8 Å². The van der Waals surface area contributed by atoms with E-state index in [2.05, 4.69) is 48.0 Å². The van der Waals surface area contributed by atoms with E-state index < -0.39 is 0 Å². The van der Waals surface area contributed by atoms with E-state index in [1.807, 2.05) is 24.3 Å². The molecule has 0 radical (unpaired) electrons. The molecular weight excluding hydrogens is 372 g/mol. The number of aromatic nitrogens is 1. The lowest BCUT2D eigenvalue weighted by molar-refractivity contribution is 0.338. The molecule has 2 rings (SSSR count). The number of ether oxygens (including phenoxy) is 1. The van der Waals surface area contributed by atoms with Crippen LogP contribution in [0.25, 0.3) is 10.9 Å². The number of H-pyrrole nitrogens is 1. The van der Waals surface area contributed by atoms with Crippen molar-refractivity contribution >= 4 is 28.2 Å². The van der Waals surface area contributed by atoms with Crippen molar-refractivity contribution in [3.8, 4) is 5.75 Å². The van der Waals surface area contributed by atoms with Crippen LogP contribution in [0.2, 0.25) is 0 Å². The largest absolute Gasteiger partial charge is 0.497 e. The molecule has 7 heteroatoms. The number of hydrogen-bond acceptors (Lipinski definition) is 4. The van der Waals surface area contributed by atoms with Crippen LogP contribution in [0.1, 0.15) is 32.3 Å². The number of nitrogens with one attached hydrogen (secondary N) is 2. The SMILES string of the molecule is CCC(C)NC(=S)N(CCCN(C)C)Cc1cc2ccc(OC)cc2[nH]c1=O. The molecule has 2 aromatic rings. The minimum absolute atomic E-state index is 0.0929. The Balaban J connectivity index is 2.24. The summed E-state index contributed by atoms with van der Waals surface area (Å²) in [6.07, 6.45) is 1.96. The summed E-state index contributed by atoms with van der Waals surface area (Å²) in [7, 11) is 5.73. The molecule has 0 aliphatic rings.